The number of amides is 2. The molecule has 0 bridgehead atoms. The molecule has 0 heterocycles. The van der Waals surface area contributed by atoms with Crippen molar-refractivity contribution in [2.24, 2.45) is 0 Å². The van der Waals surface area contributed by atoms with Gasteiger partial charge < -0.3 is 15.7 Å². The van der Waals surface area contributed by atoms with E-state index in [4.69, 9.17) is 0 Å². The Labute approximate surface area is 147 Å². The van der Waals surface area contributed by atoms with E-state index >= 15 is 0 Å². The Morgan fingerprint density at radius 3 is 2.36 bits per heavy atom. The van der Waals surface area contributed by atoms with Crippen molar-refractivity contribution < 1.29 is 14.7 Å². The van der Waals surface area contributed by atoms with Crippen LogP contribution in [0.1, 0.15) is 33.9 Å². The Hall–Kier alpha value is -2.92. The van der Waals surface area contributed by atoms with Crippen molar-refractivity contribution in [3.8, 4) is 0 Å². The molecule has 0 radical (unpaired) electrons. The molecule has 5 heteroatoms. The number of nitrogens with one attached hydrogen (secondary N) is 2. The summed E-state index contributed by atoms with van der Waals surface area (Å²) < 4.78 is 0. The van der Waals surface area contributed by atoms with Crippen LogP contribution in [0, 0.1) is 0 Å². The van der Waals surface area contributed by atoms with Gasteiger partial charge in [-0.15, -0.1) is 0 Å². The van der Waals surface area contributed by atoms with Crippen LogP contribution in [-0.2, 0) is 4.79 Å². The van der Waals surface area contributed by atoms with Gasteiger partial charge in [0.1, 0.15) is 0 Å². The molecule has 3 N–H and O–H groups in total. The number of hydrogen-bond acceptors (Lipinski definition) is 3. The highest BCUT2D eigenvalue weighted by atomic mass is 16.3. The van der Waals surface area contributed by atoms with E-state index < -0.39 is 0 Å². The number of benzene rings is 2. The van der Waals surface area contributed by atoms with Gasteiger partial charge in [0.25, 0.3) is 5.91 Å². The van der Waals surface area contributed by atoms with E-state index in [1.807, 2.05) is 30.3 Å². The average molecular weight is 338 g/mol. The fourth-order valence-corrected chi connectivity index (χ4v) is 2.42. The van der Waals surface area contributed by atoms with Crippen LogP contribution >= 0.6 is 0 Å². The number of rotatable bonds is 7. The van der Waals surface area contributed by atoms with Crippen LogP contribution in [0.4, 0.5) is 0 Å². The lowest BCUT2D eigenvalue weighted by atomic mass is 10.0. The smallest absolute Gasteiger partial charge is 0.251 e. The summed E-state index contributed by atoms with van der Waals surface area (Å²) in [7, 11) is 1.58. The summed E-state index contributed by atoms with van der Waals surface area (Å²) in [5, 5.41) is 14.7. The molecule has 0 fully saturated rings. The molecule has 0 spiro atoms. The predicted molar refractivity (Wildman–Crippen MR) is 97.9 cm³/mol. The lowest BCUT2D eigenvalue weighted by molar-refractivity contribution is -0.117. The standard InChI is InChI=1S/C20H22N2O3/c1-21-20(25)17-10-7-15(8-11-17)9-12-19(24)22-18(13-14-23)16-5-3-2-4-6-16/h2-12,18,23H,13-14H2,1H3,(H,21,25)(H,22,24)/b12-9+. The van der Waals surface area contributed by atoms with Crippen molar-refractivity contribution in [3.63, 3.8) is 0 Å². The van der Waals surface area contributed by atoms with Gasteiger partial charge in [-0.2, -0.15) is 0 Å². The van der Waals surface area contributed by atoms with E-state index in [0.29, 0.717) is 12.0 Å². The Morgan fingerprint density at radius 2 is 1.76 bits per heavy atom. The molecule has 130 valence electrons. The minimum atomic E-state index is -0.238. The van der Waals surface area contributed by atoms with Crippen LogP contribution in [-0.4, -0.2) is 30.6 Å². The Kier molecular flexibility index (Phi) is 6.92. The summed E-state index contributed by atoms with van der Waals surface area (Å²) in [5.41, 5.74) is 2.34. The maximum absolute atomic E-state index is 12.2. The Morgan fingerprint density at radius 1 is 1.08 bits per heavy atom. The minimum Gasteiger partial charge on any atom is -0.396 e. The van der Waals surface area contributed by atoms with Gasteiger partial charge >= 0.3 is 0 Å². The third-order valence-corrected chi connectivity index (χ3v) is 3.76. The summed E-state index contributed by atoms with van der Waals surface area (Å²) in [6, 6.07) is 16.3. The highest BCUT2D eigenvalue weighted by Gasteiger charge is 2.12. The minimum absolute atomic E-state index is 0.00941. The molecule has 0 aromatic heterocycles. The van der Waals surface area contributed by atoms with Gasteiger partial charge in [0.05, 0.1) is 6.04 Å². The van der Waals surface area contributed by atoms with Crippen molar-refractivity contribution in [1.82, 2.24) is 10.6 Å². The Balaban J connectivity index is 2.00. The van der Waals surface area contributed by atoms with E-state index in [9.17, 15) is 14.7 Å². The van der Waals surface area contributed by atoms with Crippen molar-refractivity contribution in [2.45, 2.75) is 12.5 Å². The molecule has 0 saturated carbocycles. The van der Waals surface area contributed by atoms with Crippen LogP contribution in [0.2, 0.25) is 0 Å². The topological polar surface area (TPSA) is 78.4 Å². The van der Waals surface area contributed by atoms with Crippen molar-refractivity contribution >= 4 is 17.9 Å². The van der Waals surface area contributed by atoms with Crippen molar-refractivity contribution in [3.05, 3.63) is 77.4 Å². The fraction of sp³-hybridized carbons (Fsp3) is 0.200. The van der Waals surface area contributed by atoms with Crippen LogP contribution < -0.4 is 10.6 Å². The lowest BCUT2D eigenvalue weighted by Gasteiger charge is -2.17. The normalized spacial score (nSPS) is 11.9. The van der Waals surface area contributed by atoms with Crippen LogP contribution in [0.3, 0.4) is 0 Å². The summed E-state index contributed by atoms with van der Waals surface area (Å²) >= 11 is 0. The fourth-order valence-electron chi connectivity index (χ4n) is 2.42. The third kappa shape index (κ3) is 5.58. The van der Waals surface area contributed by atoms with Gasteiger partial charge in [-0.05, 0) is 35.8 Å². The predicted octanol–water partition coefficient (Wildman–Crippen LogP) is 2.30. The zero-order valence-electron chi connectivity index (χ0n) is 14.1. The van der Waals surface area contributed by atoms with Crippen molar-refractivity contribution in [1.29, 1.82) is 0 Å². The zero-order valence-corrected chi connectivity index (χ0v) is 14.1. The second-order valence-electron chi connectivity index (χ2n) is 5.52. The molecule has 2 aromatic rings. The first-order valence-electron chi connectivity index (χ1n) is 8.10. The van der Waals surface area contributed by atoms with Gasteiger partial charge in [0, 0.05) is 25.3 Å². The molecular formula is C20H22N2O3. The maximum Gasteiger partial charge on any atom is 0.251 e. The zero-order chi connectivity index (χ0) is 18.1. The lowest BCUT2D eigenvalue weighted by Crippen LogP contribution is -2.27. The van der Waals surface area contributed by atoms with Gasteiger partial charge in [-0.1, -0.05) is 42.5 Å². The molecule has 0 aliphatic carbocycles. The third-order valence-electron chi connectivity index (χ3n) is 3.76. The molecule has 1 unspecified atom stereocenters. The Bertz CT molecular complexity index is 724. The first kappa shape index (κ1) is 18.4. The maximum atomic E-state index is 12.2. The van der Waals surface area contributed by atoms with E-state index in [1.165, 1.54) is 6.08 Å². The molecule has 0 aliphatic heterocycles. The number of aliphatic hydroxyl groups is 1. The monoisotopic (exact) mass is 338 g/mol. The highest BCUT2D eigenvalue weighted by molar-refractivity contribution is 5.94. The number of aliphatic hydroxyl groups excluding tert-OH is 1. The molecule has 5 nitrogen and oxygen atoms in total. The summed E-state index contributed by atoms with van der Waals surface area (Å²) in [4.78, 5) is 23.6. The summed E-state index contributed by atoms with van der Waals surface area (Å²) in [6.07, 6.45) is 3.58. The van der Waals surface area contributed by atoms with E-state index in [0.717, 1.165) is 11.1 Å². The largest absolute Gasteiger partial charge is 0.396 e. The highest BCUT2D eigenvalue weighted by Crippen LogP contribution is 2.16. The molecule has 1 atom stereocenters. The summed E-state index contributed by atoms with van der Waals surface area (Å²) in [6.45, 7) is -0.00941. The van der Waals surface area contributed by atoms with E-state index in [-0.39, 0.29) is 24.5 Å². The second-order valence-corrected chi connectivity index (χ2v) is 5.52. The molecule has 2 rings (SSSR count). The van der Waals surface area contributed by atoms with Gasteiger partial charge in [-0.3, -0.25) is 9.59 Å². The van der Waals surface area contributed by atoms with Crippen LogP contribution in [0.5, 0.6) is 0 Å². The van der Waals surface area contributed by atoms with Gasteiger partial charge in [0.15, 0.2) is 0 Å². The summed E-state index contributed by atoms with van der Waals surface area (Å²) in [5.74, 6) is -0.388. The van der Waals surface area contributed by atoms with Gasteiger partial charge in [-0.25, -0.2) is 0 Å². The first-order valence-corrected chi connectivity index (χ1v) is 8.10. The number of carbonyl (C=O) groups is 2. The van der Waals surface area contributed by atoms with Gasteiger partial charge in [0.2, 0.25) is 5.91 Å². The first-order chi connectivity index (χ1) is 12.1. The SMILES string of the molecule is CNC(=O)c1ccc(/C=C/C(=O)NC(CCO)c2ccccc2)cc1. The number of carbonyl (C=O) groups excluding carboxylic acids is 2. The molecular weight excluding hydrogens is 316 g/mol. The average Bonchev–Trinajstić information content (AvgIpc) is 2.66. The molecule has 2 amide bonds. The molecule has 0 aliphatic rings. The molecule has 2 aromatic carbocycles. The molecule has 25 heavy (non-hydrogen) atoms. The molecule has 0 saturated heterocycles. The van der Waals surface area contributed by atoms with Crippen molar-refractivity contribution in [2.75, 3.05) is 13.7 Å². The van der Waals surface area contributed by atoms with E-state index in [1.54, 1.807) is 37.4 Å². The second kappa shape index (κ2) is 9.39. The number of hydrogen-bond donors (Lipinski definition) is 3. The van der Waals surface area contributed by atoms with E-state index in [2.05, 4.69) is 10.6 Å². The van der Waals surface area contributed by atoms with Crippen LogP contribution in [0.15, 0.2) is 60.7 Å². The quantitative estimate of drug-likeness (QED) is 0.678. The van der Waals surface area contributed by atoms with Crippen LogP contribution in [0.25, 0.3) is 6.08 Å².